The van der Waals surface area contributed by atoms with Crippen molar-refractivity contribution in [3.63, 3.8) is 0 Å². The van der Waals surface area contributed by atoms with Crippen LogP contribution in [0.4, 0.5) is 0 Å². The number of carboxylic acid groups (broad SMARTS) is 1. The van der Waals surface area contributed by atoms with E-state index in [-0.39, 0.29) is 5.91 Å². The van der Waals surface area contributed by atoms with Crippen LogP contribution in [0.2, 0.25) is 0 Å². The van der Waals surface area contributed by atoms with Gasteiger partial charge in [0.05, 0.1) is 6.54 Å². The minimum absolute atomic E-state index is 0.216. The van der Waals surface area contributed by atoms with Crippen LogP contribution >= 0.6 is 0 Å². The number of hydrogen-bond acceptors (Lipinski definition) is 5. The quantitative estimate of drug-likeness (QED) is 0.837. The number of carbonyl (C=O) groups is 2. The highest BCUT2D eigenvalue weighted by Gasteiger charge is 2.14. The highest BCUT2D eigenvalue weighted by atomic mass is 16.5. The molecule has 0 fully saturated rings. The summed E-state index contributed by atoms with van der Waals surface area (Å²) >= 11 is 0. The monoisotopic (exact) mass is 304 g/mol. The van der Waals surface area contributed by atoms with E-state index in [4.69, 9.17) is 9.84 Å². The summed E-state index contributed by atoms with van der Waals surface area (Å²) in [5.41, 5.74) is 1.09. The Morgan fingerprint density at radius 2 is 2.18 bits per heavy atom. The fourth-order valence-corrected chi connectivity index (χ4v) is 1.87. The average molecular weight is 304 g/mol. The summed E-state index contributed by atoms with van der Waals surface area (Å²) in [6.07, 6.45) is 1.73. The van der Waals surface area contributed by atoms with Crippen molar-refractivity contribution in [3.8, 4) is 5.75 Å². The van der Waals surface area contributed by atoms with E-state index in [9.17, 15) is 9.59 Å². The van der Waals surface area contributed by atoms with E-state index < -0.39 is 12.6 Å². The second kappa shape index (κ2) is 6.70. The zero-order valence-electron chi connectivity index (χ0n) is 12.3. The highest BCUT2D eigenvalue weighted by Crippen LogP contribution is 2.15. The number of rotatable bonds is 6. The lowest BCUT2D eigenvalue weighted by molar-refractivity contribution is -0.139. The van der Waals surface area contributed by atoms with Gasteiger partial charge in [0.25, 0.3) is 5.91 Å². The lowest BCUT2D eigenvalue weighted by Crippen LogP contribution is -2.26. The number of carbonyl (C=O) groups excluding carboxylic acids is 1. The van der Waals surface area contributed by atoms with Crippen molar-refractivity contribution < 1.29 is 19.4 Å². The summed E-state index contributed by atoms with van der Waals surface area (Å²) < 4.78 is 6.63. The summed E-state index contributed by atoms with van der Waals surface area (Å²) in [5.74, 6) is -0.955. The van der Waals surface area contributed by atoms with Gasteiger partial charge in [-0.25, -0.2) is 4.79 Å². The van der Waals surface area contributed by atoms with Gasteiger partial charge in [-0.1, -0.05) is 11.3 Å². The van der Waals surface area contributed by atoms with Crippen LogP contribution in [-0.4, -0.2) is 50.5 Å². The smallest absolute Gasteiger partial charge is 0.341 e. The molecule has 2 aromatic rings. The SMILES string of the molecule is CN(Cc1cn(C)nn1)C(=O)c1cccc(OCC(=O)O)c1. The molecule has 0 aliphatic carbocycles. The van der Waals surface area contributed by atoms with Gasteiger partial charge in [0.2, 0.25) is 0 Å². The first-order valence-corrected chi connectivity index (χ1v) is 6.51. The molecule has 1 aromatic carbocycles. The van der Waals surface area contributed by atoms with E-state index in [1.807, 2.05) is 0 Å². The van der Waals surface area contributed by atoms with Crippen LogP contribution < -0.4 is 4.74 Å². The maximum Gasteiger partial charge on any atom is 0.341 e. The Balaban J connectivity index is 2.04. The molecule has 1 N–H and O–H groups in total. The number of hydrogen-bond donors (Lipinski definition) is 1. The third kappa shape index (κ3) is 4.05. The van der Waals surface area contributed by atoms with E-state index in [1.54, 1.807) is 43.2 Å². The van der Waals surface area contributed by atoms with Crippen LogP contribution in [0, 0.1) is 0 Å². The minimum Gasteiger partial charge on any atom is -0.482 e. The molecular formula is C14H16N4O4. The van der Waals surface area contributed by atoms with E-state index in [0.717, 1.165) is 0 Å². The molecule has 0 spiro atoms. The molecule has 1 amide bonds. The van der Waals surface area contributed by atoms with E-state index in [0.29, 0.717) is 23.6 Å². The Labute approximate surface area is 126 Å². The maximum absolute atomic E-state index is 12.3. The zero-order chi connectivity index (χ0) is 16.1. The fourth-order valence-electron chi connectivity index (χ4n) is 1.87. The Hall–Kier alpha value is -2.90. The van der Waals surface area contributed by atoms with Crippen LogP contribution in [0.5, 0.6) is 5.75 Å². The summed E-state index contributed by atoms with van der Waals surface area (Å²) in [6, 6.07) is 6.39. The molecule has 8 nitrogen and oxygen atoms in total. The number of carboxylic acids is 1. The number of amides is 1. The van der Waals surface area contributed by atoms with Crippen molar-refractivity contribution in [3.05, 3.63) is 41.7 Å². The molecule has 1 aromatic heterocycles. The molecule has 0 atom stereocenters. The lowest BCUT2D eigenvalue weighted by Gasteiger charge is -2.16. The van der Waals surface area contributed by atoms with Crippen molar-refractivity contribution in [1.82, 2.24) is 19.9 Å². The second-order valence-electron chi connectivity index (χ2n) is 4.76. The van der Waals surface area contributed by atoms with Gasteiger partial charge in [-0.05, 0) is 18.2 Å². The van der Waals surface area contributed by atoms with Gasteiger partial charge < -0.3 is 14.7 Å². The predicted octanol–water partition coefficient (Wildman–Crippen LogP) is 0.551. The van der Waals surface area contributed by atoms with Gasteiger partial charge in [-0.3, -0.25) is 9.48 Å². The number of aryl methyl sites for hydroxylation is 1. The molecule has 0 radical (unpaired) electrons. The molecule has 116 valence electrons. The first-order valence-electron chi connectivity index (χ1n) is 6.51. The van der Waals surface area contributed by atoms with Gasteiger partial charge in [0.15, 0.2) is 6.61 Å². The molecule has 22 heavy (non-hydrogen) atoms. The molecule has 0 saturated heterocycles. The lowest BCUT2D eigenvalue weighted by atomic mass is 10.2. The van der Waals surface area contributed by atoms with Gasteiger partial charge in [0.1, 0.15) is 11.4 Å². The molecule has 0 aliphatic rings. The molecule has 0 unspecified atom stereocenters. The number of aromatic nitrogens is 3. The summed E-state index contributed by atoms with van der Waals surface area (Å²) in [7, 11) is 3.41. The van der Waals surface area contributed by atoms with Crippen LogP contribution in [-0.2, 0) is 18.4 Å². The Morgan fingerprint density at radius 3 is 2.82 bits per heavy atom. The Kier molecular flexibility index (Phi) is 4.72. The summed E-state index contributed by atoms with van der Waals surface area (Å²) in [6.45, 7) is -0.125. The van der Waals surface area contributed by atoms with Crippen molar-refractivity contribution in [2.24, 2.45) is 7.05 Å². The topological polar surface area (TPSA) is 97.5 Å². The zero-order valence-corrected chi connectivity index (χ0v) is 12.3. The van der Waals surface area contributed by atoms with Crippen LogP contribution in [0.15, 0.2) is 30.5 Å². The molecule has 2 rings (SSSR count). The van der Waals surface area contributed by atoms with E-state index in [1.165, 1.54) is 11.0 Å². The molecule has 0 saturated carbocycles. The molecule has 1 heterocycles. The van der Waals surface area contributed by atoms with Gasteiger partial charge >= 0.3 is 5.97 Å². The highest BCUT2D eigenvalue weighted by molar-refractivity contribution is 5.94. The summed E-state index contributed by atoms with van der Waals surface area (Å²) in [4.78, 5) is 24.3. The van der Waals surface area contributed by atoms with Crippen LogP contribution in [0.25, 0.3) is 0 Å². The standard InChI is InChI=1S/C14H16N4O4/c1-17(7-11-8-18(2)16-15-11)14(21)10-4-3-5-12(6-10)22-9-13(19)20/h3-6,8H,7,9H2,1-2H3,(H,19,20). The second-order valence-corrected chi connectivity index (χ2v) is 4.76. The number of aliphatic carboxylic acids is 1. The normalized spacial score (nSPS) is 10.3. The molecule has 0 bridgehead atoms. The van der Waals surface area contributed by atoms with E-state index >= 15 is 0 Å². The van der Waals surface area contributed by atoms with Gasteiger partial charge in [-0.15, -0.1) is 5.10 Å². The van der Waals surface area contributed by atoms with E-state index in [2.05, 4.69) is 10.3 Å². The molecular weight excluding hydrogens is 288 g/mol. The first kappa shape index (κ1) is 15.5. The fraction of sp³-hybridized carbons (Fsp3) is 0.286. The largest absolute Gasteiger partial charge is 0.482 e. The summed E-state index contributed by atoms with van der Waals surface area (Å²) in [5, 5.41) is 16.3. The van der Waals surface area contributed by atoms with Crippen molar-refractivity contribution >= 4 is 11.9 Å². The Bertz CT molecular complexity index is 683. The number of ether oxygens (including phenoxy) is 1. The third-order valence-corrected chi connectivity index (χ3v) is 2.84. The van der Waals surface area contributed by atoms with Crippen molar-refractivity contribution in [2.45, 2.75) is 6.54 Å². The molecule has 8 heteroatoms. The first-order chi connectivity index (χ1) is 10.5. The van der Waals surface area contributed by atoms with Crippen LogP contribution in [0.3, 0.4) is 0 Å². The predicted molar refractivity (Wildman–Crippen MR) is 76.4 cm³/mol. The van der Waals surface area contributed by atoms with Gasteiger partial charge in [-0.2, -0.15) is 0 Å². The molecule has 0 aliphatic heterocycles. The minimum atomic E-state index is -1.07. The number of benzene rings is 1. The van der Waals surface area contributed by atoms with Crippen molar-refractivity contribution in [1.29, 1.82) is 0 Å². The van der Waals surface area contributed by atoms with Gasteiger partial charge in [0, 0.05) is 25.9 Å². The number of nitrogens with zero attached hydrogens (tertiary/aromatic N) is 4. The maximum atomic E-state index is 12.3. The van der Waals surface area contributed by atoms with Crippen LogP contribution in [0.1, 0.15) is 16.1 Å². The Morgan fingerprint density at radius 1 is 1.41 bits per heavy atom. The third-order valence-electron chi connectivity index (χ3n) is 2.84. The van der Waals surface area contributed by atoms with Crippen molar-refractivity contribution in [2.75, 3.05) is 13.7 Å². The average Bonchev–Trinajstić information content (AvgIpc) is 2.89.